The zero-order valence-corrected chi connectivity index (χ0v) is 15.6. The van der Waals surface area contributed by atoms with Crippen LogP contribution in [0.2, 0.25) is 0 Å². The fourth-order valence-corrected chi connectivity index (χ4v) is 3.83. The molecule has 6 heteroatoms. The lowest BCUT2D eigenvalue weighted by Gasteiger charge is -2.34. The first kappa shape index (κ1) is 17.7. The van der Waals surface area contributed by atoms with Gasteiger partial charge in [-0.05, 0) is 55.8 Å². The number of fused-ring (bicyclic) bond motifs is 1. The van der Waals surface area contributed by atoms with Crippen LogP contribution in [0.25, 0.3) is 11.0 Å². The van der Waals surface area contributed by atoms with E-state index in [-0.39, 0.29) is 11.9 Å². The normalized spacial score (nSPS) is 16.3. The molecule has 1 fully saturated rings. The third-order valence-corrected chi connectivity index (χ3v) is 5.34. The topological polar surface area (TPSA) is 63.1 Å². The second-order valence-corrected chi connectivity index (χ2v) is 7.17. The molecule has 1 amide bonds. The largest absolute Gasteiger partial charge is 0.350 e. The number of nitrogens with zero attached hydrogens (tertiary/aromatic N) is 4. The van der Waals surface area contributed by atoms with E-state index in [9.17, 15) is 4.79 Å². The van der Waals surface area contributed by atoms with Gasteiger partial charge < -0.3 is 9.88 Å². The van der Waals surface area contributed by atoms with Gasteiger partial charge in [-0.1, -0.05) is 12.5 Å². The van der Waals surface area contributed by atoms with E-state index in [1.807, 2.05) is 42.1 Å². The quantitative estimate of drug-likeness (QED) is 0.757. The maximum Gasteiger partial charge on any atom is 0.251 e. The molecular formula is C21H25N5O. The summed E-state index contributed by atoms with van der Waals surface area (Å²) in [6, 6.07) is 9.87. The first-order valence-corrected chi connectivity index (χ1v) is 9.55. The number of likely N-dealkylation sites (tertiary alicyclic amines) is 1. The van der Waals surface area contributed by atoms with Gasteiger partial charge in [0.2, 0.25) is 0 Å². The van der Waals surface area contributed by atoms with Gasteiger partial charge in [0.15, 0.2) is 0 Å². The molecule has 0 bridgehead atoms. The van der Waals surface area contributed by atoms with Crippen molar-refractivity contribution in [1.29, 1.82) is 0 Å². The molecule has 6 nitrogen and oxygen atoms in total. The van der Waals surface area contributed by atoms with Crippen LogP contribution in [0.15, 0.2) is 49.1 Å². The summed E-state index contributed by atoms with van der Waals surface area (Å²) in [6.07, 6.45) is 9.17. The number of pyridine rings is 1. The molecule has 0 unspecified atom stereocenters. The molecule has 140 valence electrons. The smallest absolute Gasteiger partial charge is 0.251 e. The van der Waals surface area contributed by atoms with Gasteiger partial charge in [0.1, 0.15) is 0 Å². The van der Waals surface area contributed by atoms with Gasteiger partial charge in [-0.3, -0.25) is 14.7 Å². The molecule has 1 aromatic carbocycles. The van der Waals surface area contributed by atoms with Crippen LogP contribution in [-0.4, -0.2) is 45.0 Å². The average molecular weight is 363 g/mol. The van der Waals surface area contributed by atoms with Crippen LogP contribution in [0.4, 0.5) is 0 Å². The van der Waals surface area contributed by atoms with Crippen LogP contribution in [0.5, 0.6) is 0 Å². The zero-order chi connectivity index (χ0) is 18.6. The molecule has 4 rings (SSSR count). The summed E-state index contributed by atoms with van der Waals surface area (Å²) < 4.78 is 1.95. The number of hydrogen-bond acceptors (Lipinski definition) is 4. The van der Waals surface area contributed by atoms with Crippen LogP contribution < -0.4 is 5.32 Å². The molecule has 3 heterocycles. The van der Waals surface area contributed by atoms with Crippen LogP contribution in [0.3, 0.4) is 0 Å². The number of aryl methyl sites for hydroxylation is 1. The highest BCUT2D eigenvalue weighted by Gasteiger charge is 2.23. The fourth-order valence-electron chi connectivity index (χ4n) is 3.83. The number of benzene rings is 1. The maximum atomic E-state index is 12.7. The number of aromatic nitrogens is 3. The summed E-state index contributed by atoms with van der Waals surface area (Å²) >= 11 is 0. The van der Waals surface area contributed by atoms with E-state index in [0.29, 0.717) is 12.1 Å². The Hall–Kier alpha value is -2.73. The highest BCUT2D eigenvalue weighted by atomic mass is 16.1. The van der Waals surface area contributed by atoms with Crippen molar-refractivity contribution in [1.82, 2.24) is 24.8 Å². The zero-order valence-electron chi connectivity index (χ0n) is 15.6. The van der Waals surface area contributed by atoms with Crippen LogP contribution >= 0.6 is 0 Å². The van der Waals surface area contributed by atoms with Crippen molar-refractivity contribution < 1.29 is 4.79 Å². The van der Waals surface area contributed by atoms with Crippen LogP contribution in [-0.2, 0) is 7.05 Å². The Labute approximate surface area is 159 Å². The summed E-state index contributed by atoms with van der Waals surface area (Å²) in [6.45, 7) is 2.70. The lowest BCUT2D eigenvalue weighted by atomic mass is 10.0. The van der Waals surface area contributed by atoms with Crippen molar-refractivity contribution in [3.8, 4) is 0 Å². The predicted octanol–water partition coefficient (Wildman–Crippen LogP) is 2.93. The Kier molecular flexibility index (Phi) is 5.16. The van der Waals surface area contributed by atoms with E-state index >= 15 is 0 Å². The average Bonchev–Trinajstić information content (AvgIpc) is 3.10. The van der Waals surface area contributed by atoms with Crippen LogP contribution in [0, 0.1) is 0 Å². The first-order valence-electron chi connectivity index (χ1n) is 9.55. The van der Waals surface area contributed by atoms with E-state index in [2.05, 4.69) is 26.3 Å². The standard InChI is InChI=1S/C21H25N5O/c1-25-15-24-18-12-16(7-8-19(18)25)21(27)23-14-20(17-6-5-9-22-13-17)26-10-3-2-4-11-26/h5-9,12-13,15,20H,2-4,10-11,14H2,1H3,(H,23,27)/t20-/m1/s1. The molecule has 1 aliphatic rings. The predicted molar refractivity (Wildman–Crippen MR) is 105 cm³/mol. The molecule has 1 N–H and O–H groups in total. The molecule has 2 aromatic heterocycles. The molecule has 0 saturated carbocycles. The van der Waals surface area contributed by atoms with Gasteiger partial charge in [0, 0.05) is 31.5 Å². The summed E-state index contributed by atoms with van der Waals surface area (Å²) in [5.74, 6) is -0.0616. The van der Waals surface area contributed by atoms with Gasteiger partial charge in [0.25, 0.3) is 5.91 Å². The Morgan fingerprint density at radius 3 is 2.85 bits per heavy atom. The lowest BCUT2D eigenvalue weighted by Crippen LogP contribution is -2.40. The highest BCUT2D eigenvalue weighted by Crippen LogP contribution is 2.23. The van der Waals surface area contributed by atoms with Crippen molar-refractivity contribution in [2.45, 2.75) is 25.3 Å². The molecule has 1 aliphatic heterocycles. The maximum absolute atomic E-state index is 12.7. The summed E-state index contributed by atoms with van der Waals surface area (Å²) in [7, 11) is 1.95. The van der Waals surface area contributed by atoms with Crippen molar-refractivity contribution in [2.75, 3.05) is 19.6 Å². The van der Waals surface area contributed by atoms with Crippen LogP contribution in [0.1, 0.15) is 41.2 Å². The Bertz CT molecular complexity index is 915. The Morgan fingerprint density at radius 2 is 2.07 bits per heavy atom. The monoisotopic (exact) mass is 363 g/mol. The minimum Gasteiger partial charge on any atom is -0.350 e. The lowest BCUT2D eigenvalue weighted by molar-refractivity contribution is 0.0924. The van der Waals surface area contributed by atoms with Gasteiger partial charge >= 0.3 is 0 Å². The second-order valence-electron chi connectivity index (χ2n) is 7.17. The molecule has 27 heavy (non-hydrogen) atoms. The SMILES string of the molecule is Cn1cnc2cc(C(=O)NC[C@H](c3cccnc3)N3CCCCC3)ccc21. The number of piperidine rings is 1. The Morgan fingerprint density at radius 1 is 1.22 bits per heavy atom. The number of imidazole rings is 1. The van der Waals surface area contributed by atoms with Crippen molar-refractivity contribution in [3.05, 3.63) is 60.2 Å². The summed E-state index contributed by atoms with van der Waals surface area (Å²) in [5, 5.41) is 3.12. The van der Waals surface area contributed by atoms with E-state index in [1.54, 1.807) is 12.5 Å². The molecule has 0 radical (unpaired) electrons. The Balaban J connectivity index is 1.49. The number of hydrogen-bond donors (Lipinski definition) is 1. The molecule has 0 aliphatic carbocycles. The molecule has 3 aromatic rings. The van der Waals surface area contributed by atoms with Gasteiger partial charge in [0.05, 0.1) is 23.4 Å². The third kappa shape index (κ3) is 3.85. The van der Waals surface area contributed by atoms with Crippen molar-refractivity contribution in [2.24, 2.45) is 7.05 Å². The third-order valence-electron chi connectivity index (χ3n) is 5.34. The second kappa shape index (κ2) is 7.88. The molecule has 0 spiro atoms. The number of amides is 1. The fraction of sp³-hybridized carbons (Fsp3) is 0.381. The molecule has 1 atom stereocenters. The number of rotatable bonds is 5. The summed E-state index contributed by atoms with van der Waals surface area (Å²) in [4.78, 5) is 23.8. The number of carbonyl (C=O) groups excluding carboxylic acids is 1. The minimum atomic E-state index is -0.0616. The number of carbonyl (C=O) groups is 1. The van der Waals surface area contributed by atoms with Gasteiger partial charge in [-0.25, -0.2) is 4.98 Å². The summed E-state index contributed by atoms with van der Waals surface area (Å²) in [5.41, 5.74) is 3.66. The van der Waals surface area contributed by atoms with E-state index in [4.69, 9.17) is 0 Å². The number of nitrogens with one attached hydrogen (secondary N) is 1. The van der Waals surface area contributed by atoms with Gasteiger partial charge in [-0.2, -0.15) is 0 Å². The first-order chi connectivity index (χ1) is 13.2. The van der Waals surface area contributed by atoms with E-state index < -0.39 is 0 Å². The highest BCUT2D eigenvalue weighted by molar-refractivity contribution is 5.97. The van der Waals surface area contributed by atoms with Crippen molar-refractivity contribution in [3.63, 3.8) is 0 Å². The van der Waals surface area contributed by atoms with E-state index in [1.165, 1.54) is 19.3 Å². The van der Waals surface area contributed by atoms with Crippen molar-refractivity contribution >= 4 is 16.9 Å². The molecule has 1 saturated heterocycles. The van der Waals surface area contributed by atoms with E-state index in [0.717, 1.165) is 29.7 Å². The van der Waals surface area contributed by atoms with Gasteiger partial charge in [-0.15, -0.1) is 0 Å². The minimum absolute atomic E-state index is 0.0616. The molecular weight excluding hydrogens is 338 g/mol.